The molecule has 0 spiro atoms. The van der Waals surface area contributed by atoms with Crippen molar-refractivity contribution in [2.24, 2.45) is 0 Å². The Kier molecular flexibility index (Phi) is 4.46. The zero-order chi connectivity index (χ0) is 15.5. The van der Waals surface area contributed by atoms with Crippen LogP contribution in [0.15, 0.2) is 59.5 Å². The molecular weight excluding hydrogens is 312 g/mol. The first-order chi connectivity index (χ1) is 10.7. The highest BCUT2D eigenvalue weighted by atomic mass is 35.5. The molecule has 0 unspecified atom stereocenters. The van der Waals surface area contributed by atoms with Crippen LogP contribution in [0.2, 0.25) is 5.02 Å². The summed E-state index contributed by atoms with van der Waals surface area (Å²) in [6, 6.07) is 18.3. The minimum atomic E-state index is 0.730. The van der Waals surface area contributed by atoms with Gasteiger partial charge in [-0.05, 0) is 49.1 Å². The zero-order valence-electron chi connectivity index (χ0n) is 12.4. The monoisotopic (exact) mass is 326 g/mol. The van der Waals surface area contributed by atoms with Crippen LogP contribution in [0.1, 0.15) is 5.69 Å². The van der Waals surface area contributed by atoms with Gasteiger partial charge in [0.05, 0.1) is 5.69 Å². The van der Waals surface area contributed by atoms with Crippen molar-refractivity contribution < 1.29 is 0 Å². The lowest BCUT2D eigenvalue weighted by molar-refractivity contribution is 0.989. The van der Waals surface area contributed by atoms with Gasteiger partial charge in [0.2, 0.25) is 0 Å². The average Bonchev–Trinajstić information content (AvgIpc) is 2.56. The van der Waals surface area contributed by atoms with E-state index in [1.165, 1.54) is 4.90 Å². The normalized spacial score (nSPS) is 10.7. The quantitative estimate of drug-likeness (QED) is 0.595. The summed E-state index contributed by atoms with van der Waals surface area (Å²) in [7, 11) is 0. The van der Waals surface area contributed by atoms with E-state index in [-0.39, 0.29) is 0 Å². The molecule has 0 aliphatic heterocycles. The van der Waals surface area contributed by atoms with Crippen molar-refractivity contribution in [3.05, 3.63) is 65.3 Å². The number of halogens is 1. The van der Waals surface area contributed by atoms with Crippen LogP contribution in [0.25, 0.3) is 22.4 Å². The first-order valence-electron chi connectivity index (χ1n) is 6.92. The van der Waals surface area contributed by atoms with Gasteiger partial charge in [-0.3, -0.25) is 0 Å². The van der Waals surface area contributed by atoms with E-state index < -0.39 is 0 Å². The molecule has 0 aliphatic rings. The predicted molar refractivity (Wildman–Crippen MR) is 94.4 cm³/mol. The Morgan fingerprint density at radius 2 is 1.50 bits per heavy atom. The van der Waals surface area contributed by atoms with Crippen molar-refractivity contribution in [2.45, 2.75) is 11.8 Å². The fraction of sp³-hybridized carbons (Fsp3) is 0.111. The van der Waals surface area contributed by atoms with Crippen molar-refractivity contribution in [3.63, 3.8) is 0 Å². The van der Waals surface area contributed by atoms with Crippen LogP contribution in [0.5, 0.6) is 0 Å². The second-order valence-electron chi connectivity index (χ2n) is 4.98. The smallest absolute Gasteiger partial charge is 0.101 e. The minimum absolute atomic E-state index is 0.730. The molecule has 0 N–H and O–H groups in total. The number of rotatable bonds is 3. The van der Waals surface area contributed by atoms with Gasteiger partial charge in [-0.2, -0.15) is 5.10 Å². The Labute approximate surface area is 139 Å². The number of aryl methyl sites for hydroxylation is 1. The summed E-state index contributed by atoms with van der Waals surface area (Å²) < 4.78 is 0. The molecule has 0 saturated carbocycles. The van der Waals surface area contributed by atoms with Gasteiger partial charge in [-0.25, -0.2) is 0 Å². The van der Waals surface area contributed by atoms with Gasteiger partial charge >= 0.3 is 0 Å². The molecule has 0 aliphatic carbocycles. The van der Waals surface area contributed by atoms with Gasteiger partial charge in [-0.1, -0.05) is 35.9 Å². The second-order valence-corrected chi connectivity index (χ2v) is 6.30. The first kappa shape index (κ1) is 15.1. The molecule has 110 valence electrons. The largest absolute Gasteiger partial charge is 0.155 e. The Morgan fingerprint density at radius 1 is 0.864 bits per heavy atom. The summed E-state index contributed by atoms with van der Waals surface area (Å²) in [5, 5.41) is 9.36. The summed E-state index contributed by atoms with van der Waals surface area (Å²) >= 11 is 7.72. The van der Waals surface area contributed by atoms with Crippen LogP contribution in [0, 0.1) is 6.92 Å². The molecule has 1 aromatic heterocycles. The molecule has 2 aromatic carbocycles. The van der Waals surface area contributed by atoms with Crippen molar-refractivity contribution in [3.8, 4) is 22.4 Å². The molecule has 3 rings (SSSR count). The molecule has 0 saturated heterocycles. The molecule has 0 amide bonds. The minimum Gasteiger partial charge on any atom is -0.155 e. The highest BCUT2D eigenvalue weighted by Crippen LogP contribution is 2.31. The van der Waals surface area contributed by atoms with E-state index >= 15 is 0 Å². The van der Waals surface area contributed by atoms with Crippen LogP contribution in [-0.4, -0.2) is 16.5 Å². The number of benzene rings is 2. The number of nitrogens with zero attached hydrogens (tertiary/aromatic N) is 2. The Balaban J connectivity index is 2.12. The number of aromatic nitrogens is 2. The second kappa shape index (κ2) is 6.51. The van der Waals surface area contributed by atoms with E-state index in [1.807, 2.05) is 31.2 Å². The third-order valence-electron chi connectivity index (χ3n) is 3.43. The van der Waals surface area contributed by atoms with Crippen molar-refractivity contribution >= 4 is 23.4 Å². The third-order valence-corrected chi connectivity index (χ3v) is 4.43. The lowest BCUT2D eigenvalue weighted by Crippen LogP contribution is -1.95. The molecule has 1 heterocycles. The summed E-state index contributed by atoms with van der Waals surface area (Å²) in [5.41, 5.74) is 5.01. The molecule has 0 fully saturated rings. The topological polar surface area (TPSA) is 25.8 Å². The van der Waals surface area contributed by atoms with Crippen molar-refractivity contribution in [2.75, 3.05) is 6.26 Å². The standard InChI is InChI=1S/C18H15ClN2S/c1-12-11-17(13-3-7-15(19)8-4-13)18(21-20-12)14-5-9-16(22-2)10-6-14/h3-11H,1-2H3. The van der Waals surface area contributed by atoms with Gasteiger partial charge in [0.25, 0.3) is 0 Å². The van der Waals surface area contributed by atoms with Gasteiger partial charge in [0, 0.05) is 21.0 Å². The summed E-state index contributed by atoms with van der Waals surface area (Å²) in [6.07, 6.45) is 2.07. The summed E-state index contributed by atoms with van der Waals surface area (Å²) in [5.74, 6) is 0. The van der Waals surface area contributed by atoms with E-state index in [0.29, 0.717) is 0 Å². The van der Waals surface area contributed by atoms with Crippen molar-refractivity contribution in [1.29, 1.82) is 0 Å². The van der Waals surface area contributed by atoms with Gasteiger partial charge < -0.3 is 0 Å². The van der Waals surface area contributed by atoms with Gasteiger partial charge in [0.1, 0.15) is 5.69 Å². The van der Waals surface area contributed by atoms with Gasteiger partial charge in [0.15, 0.2) is 0 Å². The van der Waals surface area contributed by atoms with Crippen LogP contribution < -0.4 is 0 Å². The first-order valence-corrected chi connectivity index (χ1v) is 8.52. The number of hydrogen-bond donors (Lipinski definition) is 0. The van der Waals surface area contributed by atoms with Gasteiger partial charge in [-0.15, -0.1) is 16.9 Å². The summed E-state index contributed by atoms with van der Waals surface area (Å²) in [4.78, 5) is 1.23. The lowest BCUT2D eigenvalue weighted by atomic mass is 9.99. The molecular formula is C18H15ClN2S. The maximum absolute atomic E-state index is 5.99. The maximum Gasteiger partial charge on any atom is 0.101 e. The Bertz CT molecular complexity index is 783. The van der Waals surface area contributed by atoms with E-state index in [0.717, 1.165) is 33.1 Å². The van der Waals surface area contributed by atoms with Crippen LogP contribution in [-0.2, 0) is 0 Å². The zero-order valence-corrected chi connectivity index (χ0v) is 13.9. The molecule has 4 heteroatoms. The predicted octanol–water partition coefficient (Wildman–Crippen LogP) is 5.49. The number of thioether (sulfide) groups is 1. The fourth-order valence-electron chi connectivity index (χ4n) is 2.30. The third kappa shape index (κ3) is 3.16. The average molecular weight is 327 g/mol. The Morgan fingerprint density at radius 3 is 2.14 bits per heavy atom. The van der Waals surface area contributed by atoms with E-state index in [1.54, 1.807) is 11.8 Å². The van der Waals surface area contributed by atoms with E-state index in [4.69, 9.17) is 11.6 Å². The number of hydrogen-bond acceptors (Lipinski definition) is 3. The molecule has 0 bridgehead atoms. The fourth-order valence-corrected chi connectivity index (χ4v) is 2.83. The van der Waals surface area contributed by atoms with Crippen molar-refractivity contribution in [1.82, 2.24) is 10.2 Å². The molecule has 0 radical (unpaired) electrons. The molecule has 22 heavy (non-hydrogen) atoms. The molecule has 2 nitrogen and oxygen atoms in total. The maximum atomic E-state index is 5.99. The van der Waals surface area contributed by atoms with Crippen LogP contribution in [0.4, 0.5) is 0 Å². The van der Waals surface area contributed by atoms with Crippen LogP contribution in [0.3, 0.4) is 0 Å². The highest BCUT2D eigenvalue weighted by molar-refractivity contribution is 7.98. The van der Waals surface area contributed by atoms with E-state index in [9.17, 15) is 0 Å². The lowest BCUT2D eigenvalue weighted by Gasteiger charge is -2.10. The molecule has 0 atom stereocenters. The molecule has 3 aromatic rings. The highest BCUT2D eigenvalue weighted by Gasteiger charge is 2.10. The van der Waals surface area contributed by atoms with E-state index in [2.05, 4.69) is 46.8 Å². The summed E-state index contributed by atoms with van der Waals surface area (Å²) in [6.45, 7) is 1.95. The van der Waals surface area contributed by atoms with Crippen LogP contribution >= 0.6 is 23.4 Å². The Hall–Kier alpha value is -1.84. The SMILES string of the molecule is CSc1ccc(-c2nnc(C)cc2-c2ccc(Cl)cc2)cc1.